The Morgan fingerprint density at radius 2 is 2.42 bits per heavy atom. The Morgan fingerprint density at radius 3 is 2.75 bits per heavy atom. The van der Waals surface area contributed by atoms with Crippen molar-refractivity contribution in [2.24, 2.45) is 0 Å². The van der Waals surface area contributed by atoms with Crippen molar-refractivity contribution in [3.63, 3.8) is 0 Å². The van der Waals surface area contributed by atoms with E-state index in [-0.39, 0.29) is 5.69 Å². The lowest BCUT2D eigenvalue weighted by molar-refractivity contribution is -0.385. The second-order valence-electron chi connectivity index (χ2n) is 2.19. The number of thiophene rings is 1. The fourth-order valence-electron chi connectivity index (χ4n) is 0.905. The average molecular weight is 185 g/mol. The number of aryl methyl sites for hydroxylation is 1. The van der Waals surface area contributed by atoms with Gasteiger partial charge in [-0.15, -0.1) is 11.3 Å². The van der Waals surface area contributed by atoms with E-state index in [4.69, 9.17) is 0 Å². The van der Waals surface area contributed by atoms with Crippen LogP contribution in [0.3, 0.4) is 0 Å². The molecule has 0 aliphatic carbocycles. The van der Waals surface area contributed by atoms with E-state index in [0.717, 1.165) is 0 Å². The van der Waals surface area contributed by atoms with E-state index in [2.05, 4.69) is 0 Å². The van der Waals surface area contributed by atoms with E-state index in [1.54, 1.807) is 0 Å². The maximum absolute atomic E-state index is 10.4. The average Bonchev–Trinajstić information content (AvgIpc) is 2.47. The van der Waals surface area contributed by atoms with Crippen LogP contribution in [0.5, 0.6) is 0 Å². The molecule has 0 spiro atoms. The fraction of sp³-hybridized carbons (Fsp3) is 0.286. The zero-order valence-electron chi connectivity index (χ0n) is 6.44. The fourth-order valence-corrected chi connectivity index (χ4v) is 1.79. The van der Waals surface area contributed by atoms with Gasteiger partial charge in [0.2, 0.25) is 0 Å². The molecule has 1 rings (SSSR count). The van der Waals surface area contributed by atoms with Crippen LogP contribution in [0, 0.1) is 10.1 Å². The van der Waals surface area contributed by atoms with Gasteiger partial charge in [-0.3, -0.25) is 14.9 Å². The molecule has 0 bridgehead atoms. The summed E-state index contributed by atoms with van der Waals surface area (Å²) in [5, 5.41) is 10.4. The van der Waals surface area contributed by atoms with Crippen molar-refractivity contribution >= 4 is 23.3 Å². The summed E-state index contributed by atoms with van der Waals surface area (Å²) in [6.45, 7) is 1.83. The summed E-state index contributed by atoms with van der Waals surface area (Å²) in [5.74, 6) is 0. The maximum atomic E-state index is 10.4. The molecule has 0 aliphatic heterocycles. The third kappa shape index (κ3) is 1.50. The minimum Gasteiger partial charge on any atom is -0.297 e. The second-order valence-corrected chi connectivity index (χ2v) is 3.35. The molecule has 0 radical (unpaired) electrons. The third-order valence-electron chi connectivity index (χ3n) is 1.44. The summed E-state index contributed by atoms with van der Waals surface area (Å²) in [5.41, 5.74) is 0.0598. The lowest BCUT2D eigenvalue weighted by Gasteiger charge is -1.87. The summed E-state index contributed by atoms with van der Waals surface area (Å²) in [6, 6.07) is 1.32. The molecule has 0 amide bonds. The predicted molar refractivity (Wildman–Crippen MR) is 45.7 cm³/mol. The van der Waals surface area contributed by atoms with Gasteiger partial charge >= 0.3 is 0 Å². The molecule has 0 atom stereocenters. The second kappa shape index (κ2) is 3.44. The first-order chi connectivity index (χ1) is 5.69. The first-order valence-corrected chi connectivity index (χ1v) is 4.23. The van der Waals surface area contributed by atoms with Crippen LogP contribution in [0.25, 0.3) is 0 Å². The molecule has 4 nitrogen and oxygen atoms in total. The molecule has 0 aliphatic rings. The normalized spacial score (nSPS) is 9.75. The van der Waals surface area contributed by atoms with E-state index in [1.807, 2.05) is 6.92 Å². The molecule has 0 aromatic carbocycles. The van der Waals surface area contributed by atoms with E-state index in [1.165, 1.54) is 17.4 Å². The summed E-state index contributed by atoms with van der Waals surface area (Å²) in [4.78, 5) is 21.3. The van der Waals surface area contributed by atoms with Crippen LogP contribution in [0.4, 0.5) is 5.69 Å². The van der Waals surface area contributed by atoms with Crippen molar-refractivity contribution in [3.8, 4) is 0 Å². The first kappa shape index (κ1) is 8.86. The molecule has 1 aromatic heterocycles. The lowest BCUT2D eigenvalue weighted by atomic mass is 10.3. The van der Waals surface area contributed by atoms with Gasteiger partial charge in [-0.05, 0) is 6.42 Å². The smallest absolute Gasteiger partial charge is 0.283 e. The number of hydrogen-bond donors (Lipinski definition) is 0. The van der Waals surface area contributed by atoms with Gasteiger partial charge in [0.15, 0.2) is 6.29 Å². The number of aldehydes is 1. The molecule has 0 fully saturated rings. The molecule has 1 aromatic rings. The Bertz CT molecular complexity index is 318. The van der Waals surface area contributed by atoms with E-state index < -0.39 is 4.92 Å². The molecular formula is C7H7NO3S. The Morgan fingerprint density at radius 1 is 1.75 bits per heavy atom. The Kier molecular flexibility index (Phi) is 2.54. The first-order valence-electron chi connectivity index (χ1n) is 3.41. The number of nitro groups is 1. The van der Waals surface area contributed by atoms with Gasteiger partial charge in [0.1, 0.15) is 0 Å². The number of hydrogen-bond acceptors (Lipinski definition) is 4. The molecule has 0 saturated heterocycles. The van der Waals surface area contributed by atoms with Crippen molar-refractivity contribution in [1.82, 2.24) is 0 Å². The highest BCUT2D eigenvalue weighted by Crippen LogP contribution is 2.28. The highest BCUT2D eigenvalue weighted by atomic mass is 32.1. The minimum atomic E-state index is -0.456. The number of nitrogens with zero attached hydrogens (tertiary/aromatic N) is 1. The molecule has 12 heavy (non-hydrogen) atoms. The maximum Gasteiger partial charge on any atom is 0.283 e. The van der Waals surface area contributed by atoms with Crippen LogP contribution >= 0.6 is 11.3 Å². The lowest BCUT2D eigenvalue weighted by Crippen LogP contribution is -1.88. The summed E-state index contributed by atoms with van der Waals surface area (Å²) in [7, 11) is 0. The van der Waals surface area contributed by atoms with E-state index >= 15 is 0 Å². The zero-order valence-corrected chi connectivity index (χ0v) is 7.26. The van der Waals surface area contributed by atoms with Crippen molar-refractivity contribution in [2.45, 2.75) is 13.3 Å². The zero-order chi connectivity index (χ0) is 9.14. The highest BCUT2D eigenvalue weighted by molar-refractivity contribution is 7.14. The van der Waals surface area contributed by atoms with Gasteiger partial charge in [-0.1, -0.05) is 6.92 Å². The van der Waals surface area contributed by atoms with Crippen molar-refractivity contribution < 1.29 is 9.72 Å². The van der Waals surface area contributed by atoms with Crippen molar-refractivity contribution in [1.29, 1.82) is 0 Å². The van der Waals surface area contributed by atoms with Crippen molar-refractivity contribution in [3.05, 3.63) is 25.9 Å². The van der Waals surface area contributed by atoms with Gasteiger partial charge in [0.05, 0.1) is 14.7 Å². The van der Waals surface area contributed by atoms with Crippen LogP contribution < -0.4 is 0 Å². The van der Waals surface area contributed by atoms with Gasteiger partial charge in [0, 0.05) is 6.07 Å². The minimum absolute atomic E-state index is 0.0598. The molecular weight excluding hydrogens is 178 g/mol. The van der Waals surface area contributed by atoms with Gasteiger partial charge in [-0.2, -0.15) is 0 Å². The summed E-state index contributed by atoms with van der Waals surface area (Å²) < 4.78 is 0. The molecule has 1 heterocycles. The highest BCUT2D eigenvalue weighted by Gasteiger charge is 2.16. The van der Waals surface area contributed by atoms with E-state index in [0.29, 0.717) is 22.5 Å². The van der Waals surface area contributed by atoms with Gasteiger partial charge in [0.25, 0.3) is 5.69 Å². The molecule has 64 valence electrons. The van der Waals surface area contributed by atoms with Crippen LogP contribution in [0.2, 0.25) is 0 Å². The van der Waals surface area contributed by atoms with Gasteiger partial charge in [-0.25, -0.2) is 0 Å². The van der Waals surface area contributed by atoms with E-state index in [9.17, 15) is 14.9 Å². The predicted octanol–water partition coefficient (Wildman–Crippen LogP) is 2.03. The number of rotatable bonds is 3. The third-order valence-corrected chi connectivity index (χ3v) is 2.63. The Hall–Kier alpha value is -1.23. The molecule has 0 unspecified atom stereocenters. The number of carbonyl (C=O) groups excluding carboxylic acids is 1. The standard InChI is InChI=1S/C7H7NO3S/c1-2-7-6(8(10)11)3-5(4-9)12-7/h3-4H,2H2,1H3. The molecule has 5 heteroatoms. The van der Waals surface area contributed by atoms with Crippen LogP contribution in [0.1, 0.15) is 21.5 Å². The van der Waals surface area contributed by atoms with Crippen LogP contribution in [-0.4, -0.2) is 11.2 Å². The molecule has 0 N–H and O–H groups in total. The molecule has 0 saturated carbocycles. The summed E-state index contributed by atoms with van der Waals surface area (Å²) in [6.07, 6.45) is 1.23. The quantitative estimate of drug-likeness (QED) is 0.411. The monoisotopic (exact) mass is 185 g/mol. The van der Waals surface area contributed by atoms with Crippen LogP contribution in [-0.2, 0) is 6.42 Å². The largest absolute Gasteiger partial charge is 0.297 e. The number of carbonyl (C=O) groups is 1. The van der Waals surface area contributed by atoms with Gasteiger partial charge < -0.3 is 0 Å². The van der Waals surface area contributed by atoms with Crippen molar-refractivity contribution in [2.75, 3.05) is 0 Å². The van der Waals surface area contributed by atoms with Crippen LogP contribution in [0.15, 0.2) is 6.07 Å². The topological polar surface area (TPSA) is 60.2 Å². The Balaban J connectivity index is 3.16. The summed E-state index contributed by atoms with van der Waals surface area (Å²) >= 11 is 1.18. The SMILES string of the molecule is CCc1sc(C=O)cc1[N+](=O)[O-]. The Labute approximate surface area is 73.0 Å².